The number of carbonyl (C=O) groups is 2. The van der Waals surface area contributed by atoms with E-state index in [1.807, 2.05) is 45.0 Å². The first-order valence-electron chi connectivity index (χ1n) is 8.95. The van der Waals surface area contributed by atoms with Crippen molar-refractivity contribution in [3.05, 3.63) is 77.1 Å². The Hall–Kier alpha value is -3.61. The van der Waals surface area contributed by atoms with E-state index in [9.17, 15) is 9.59 Å². The molecule has 144 valence electrons. The average Bonchev–Trinajstić information content (AvgIpc) is 3.11. The van der Waals surface area contributed by atoms with Crippen molar-refractivity contribution in [2.75, 3.05) is 11.9 Å². The van der Waals surface area contributed by atoms with Gasteiger partial charge in [-0.05, 0) is 62.7 Å². The van der Waals surface area contributed by atoms with Gasteiger partial charge in [0.15, 0.2) is 0 Å². The molecule has 3 N–H and O–H groups in total. The first-order chi connectivity index (χ1) is 13.4. The van der Waals surface area contributed by atoms with E-state index in [-0.39, 0.29) is 18.4 Å². The number of nitrogens with zero attached hydrogens (tertiary/aromatic N) is 2. The Morgan fingerprint density at radius 2 is 1.71 bits per heavy atom. The molecule has 0 radical (unpaired) electrons. The summed E-state index contributed by atoms with van der Waals surface area (Å²) < 4.78 is 1.78. The Labute approximate surface area is 163 Å². The molecule has 3 rings (SSSR count). The first-order valence-corrected chi connectivity index (χ1v) is 8.95. The van der Waals surface area contributed by atoms with Gasteiger partial charge in [0.2, 0.25) is 0 Å². The smallest absolute Gasteiger partial charge is 0.269 e. The molecule has 0 bridgehead atoms. The number of anilines is 1. The van der Waals surface area contributed by atoms with Gasteiger partial charge in [-0.15, -0.1) is 0 Å². The van der Waals surface area contributed by atoms with Crippen molar-refractivity contribution in [2.24, 2.45) is 0 Å². The Balaban J connectivity index is 1.50. The van der Waals surface area contributed by atoms with Crippen LogP contribution >= 0.6 is 0 Å². The predicted octanol–water partition coefficient (Wildman–Crippen LogP) is 2.67. The van der Waals surface area contributed by atoms with Crippen LogP contribution in [-0.2, 0) is 4.79 Å². The lowest BCUT2D eigenvalue weighted by Crippen LogP contribution is -2.44. The zero-order valence-corrected chi connectivity index (χ0v) is 16.1. The molecule has 1 heterocycles. The third kappa shape index (κ3) is 4.56. The summed E-state index contributed by atoms with van der Waals surface area (Å²) >= 11 is 0. The first kappa shape index (κ1) is 19.2. The Kier molecular flexibility index (Phi) is 5.74. The number of aromatic nitrogens is 2. The molecule has 0 aliphatic rings. The van der Waals surface area contributed by atoms with Gasteiger partial charge in [-0.25, -0.2) is 4.68 Å². The predicted molar refractivity (Wildman–Crippen MR) is 108 cm³/mol. The minimum absolute atomic E-state index is 0.0572. The summed E-state index contributed by atoms with van der Waals surface area (Å²) in [6.45, 7) is 6.00. The highest BCUT2D eigenvalue weighted by Crippen LogP contribution is 2.15. The fraction of sp³-hybridized carbons (Fsp3) is 0.190. The minimum Gasteiger partial charge on any atom is -0.376 e. The lowest BCUT2D eigenvalue weighted by atomic mass is 10.1. The van der Waals surface area contributed by atoms with E-state index in [1.165, 1.54) is 0 Å². The van der Waals surface area contributed by atoms with Crippen molar-refractivity contribution in [3.8, 4) is 5.69 Å². The highest BCUT2D eigenvalue weighted by Gasteiger charge is 2.09. The van der Waals surface area contributed by atoms with E-state index in [0.29, 0.717) is 5.56 Å². The molecule has 2 amide bonds. The Morgan fingerprint density at radius 3 is 2.36 bits per heavy atom. The fourth-order valence-corrected chi connectivity index (χ4v) is 2.82. The van der Waals surface area contributed by atoms with Crippen molar-refractivity contribution in [2.45, 2.75) is 20.8 Å². The van der Waals surface area contributed by atoms with Crippen LogP contribution in [0, 0.1) is 20.8 Å². The number of hydrazine groups is 1. The molecule has 0 aliphatic heterocycles. The normalized spacial score (nSPS) is 10.4. The molecule has 3 aromatic rings. The fourth-order valence-electron chi connectivity index (χ4n) is 2.82. The number of hydrogen-bond acceptors (Lipinski definition) is 4. The molecule has 0 aliphatic carbocycles. The molecule has 0 unspecified atom stereocenters. The van der Waals surface area contributed by atoms with E-state index in [1.54, 1.807) is 35.1 Å². The molecule has 0 saturated heterocycles. The maximum Gasteiger partial charge on any atom is 0.269 e. The van der Waals surface area contributed by atoms with E-state index >= 15 is 0 Å². The van der Waals surface area contributed by atoms with Crippen LogP contribution in [0.4, 0.5) is 5.69 Å². The number of hydrogen-bond donors (Lipinski definition) is 3. The van der Waals surface area contributed by atoms with Crippen LogP contribution in [0.1, 0.15) is 27.2 Å². The third-order valence-corrected chi connectivity index (χ3v) is 4.34. The molecule has 1 aromatic heterocycles. The quantitative estimate of drug-likeness (QED) is 0.597. The van der Waals surface area contributed by atoms with Crippen LogP contribution in [0.15, 0.2) is 54.7 Å². The lowest BCUT2D eigenvalue weighted by Gasteiger charge is -2.11. The minimum atomic E-state index is -0.386. The average molecular weight is 377 g/mol. The zero-order chi connectivity index (χ0) is 20.1. The summed E-state index contributed by atoms with van der Waals surface area (Å²) in [6, 6.07) is 14.8. The molecule has 0 atom stereocenters. The van der Waals surface area contributed by atoms with Gasteiger partial charge in [0.25, 0.3) is 11.8 Å². The second-order valence-electron chi connectivity index (χ2n) is 6.61. The van der Waals surface area contributed by atoms with Gasteiger partial charge in [-0.1, -0.05) is 17.7 Å². The standard InChI is InChI=1S/C21H23N5O2/c1-14-4-9-19(15(2)12-14)22-13-20(27)24-25-21(28)17-5-7-18(8-6-17)26-16(3)10-11-23-26/h4-12,22H,13H2,1-3H3,(H,24,27)(H,25,28). The molecular weight excluding hydrogens is 354 g/mol. The number of benzene rings is 2. The number of amides is 2. The van der Waals surface area contributed by atoms with Crippen LogP contribution in [-0.4, -0.2) is 28.1 Å². The monoisotopic (exact) mass is 377 g/mol. The van der Waals surface area contributed by atoms with Crippen molar-refractivity contribution in [1.29, 1.82) is 0 Å². The van der Waals surface area contributed by atoms with Crippen LogP contribution in [0.3, 0.4) is 0 Å². The van der Waals surface area contributed by atoms with Crippen molar-refractivity contribution in [3.63, 3.8) is 0 Å². The van der Waals surface area contributed by atoms with Crippen LogP contribution in [0.2, 0.25) is 0 Å². The number of nitrogens with one attached hydrogen (secondary N) is 3. The highest BCUT2D eigenvalue weighted by atomic mass is 16.2. The summed E-state index contributed by atoms with van der Waals surface area (Å²) in [7, 11) is 0. The SMILES string of the molecule is Cc1ccc(NCC(=O)NNC(=O)c2ccc(-n3nccc3C)cc2)c(C)c1. The summed E-state index contributed by atoms with van der Waals surface area (Å²) in [4.78, 5) is 24.2. The van der Waals surface area contributed by atoms with E-state index in [4.69, 9.17) is 0 Å². The lowest BCUT2D eigenvalue weighted by molar-refractivity contribution is -0.120. The third-order valence-electron chi connectivity index (χ3n) is 4.34. The Morgan fingerprint density at radius 1 is 0.964 bits per heavy atom. The van der Waals surface area contributed by atoms with Crippen molar-refractivity contribution in [1.82, 2.24) is 20.6 Å². The second kappa shape index (κ2) is 8.39. The van der Waals surface area contributed by atoms with Gasteiger partial charge in [0, 0.05) is 23.1 Å². The van der Waals surface area contributed by atoms with Crippen molar-refractivity contribution >= 4 is 17.5 Å². The molecular formula is C21H23N5O2. The topological polar surface area (TPSA) is 88.0 Å². The van der Waals surface area contributed by atoms with Crippen molar-refractivity contribution < 1.29 is 9.59 Å². The van der Waals surface area contributed by atoms with E-state index in [2.05, 4.69) is 21.3 Å². The maximum absolute atomic E-state index is 12.2. The van der Waals surface area contributed by atoms with E-state index in [0.717, 1.165) is 28.2 Å². The second-order valence-corrected chi connectivity index (χ2v) is 6.61. The molecule has 28 heavy (non-hydrogen) atoms. The number of carbonyl (C=O) groups excluding carboxylic acids is 2. The highest BCUT2D eigenvalue weighted by molar-refractivity contribution is 5.95. The van der Waals surface area contributed by atoms with Gasteiger partial charge >= 0.3 is 0 Å². The molecule has 7 nitrogen and oxygen atoms in total. The van der Waals surface area contributed by atoms with Crippen LogP contribution < -0.4 is 16.2 Å². The summed E-state index contributed by atoms with van der Waals surface area (Å²) in [5.41, 5.74) is 10.2. The molecule has 2 aromatic carbocycles. The van der Waals surface area contributed by atoms with Gasteiger partial charge < -0.3 is 5.32 Å². The van der Waals surface area contributed by atoms with Gasteiger partial charge in [0.05, 0.1) is 12.2 Å². The van der Waals surface area contributed by atoms with Crippen LogP contribution in [0.25, 0.3) is 5.69 Å². The van der Waals surface area contributed by atoms with E-state index < -0.39 is 0 Å². The van der Waals surface area contributed by atoms with Crippen LogP contribution in [0.5, 0.6) is 0 Å². The Bertz CT molecular complexity index is 992. The summed E-state index contributed by atoms with van der Waals surface area (Å²) in [5.74, 6) is -0.722. The number of aryl methyl sites for hydroxylation is 3. The zero-order valence-electron chi connectivity index (χ0n) is 16.1. The largest absolute Gasteiger partial charge is 0.376 e. The maximum atomic E-state index is 12.2. The summed E-state index contributed by atoms with van der Waals surface area (Å²) in [5, 5.41) is 7.29. The molecule has 7 heteroatoms. The molecule has 0 fully saturated rings. The molecule has 0 spiro atoms. The summed E-state index contributed by atoms with van der Waals surface area (Å²) in [6.07, 6.45) is 1.72. The molecule has 0 saturated carbocycles. The van der Waals surface area contributed by atoms with Gasteiger partial charge in [-0.3, -0.25) is 20.4 Å². The van der Waals surface area contributed by atoms with Gasteiger partial charge in [0.1, 0.15) is 0 Å². The van der Waals surface area contributed by atoms with Gasteiger partial charge in [-0.2, -0.15) is 5.10 Å². The number of rotatable bonds is 5.